The van der Waals surface area contributed by atoms with Crippen molar-refractivity contribution in [1.82, 2.24) is 0 Å². The molecule has 0 aliphatic carbocycles. The number of hydrogen-bond acceptors (Lipinski definition) is 3. The Morgan fingerprint density at radius 2 is 2.06 bits per heavy atom. The number of methoxy groups -OCH3 is 1. The van der Waals surface area contributed by atoms with Crippen LogP contribution in [0.4, 0.5) is 0 Å². The van der Waals surface area contributed by atoms with Gasteiger partial charge in [-0.25, -0.2) is 0 Å². The Hall–Kier alpha value is -0.900. The molecule has 1 heterocycles. The second-order valence-electron chi connectivity index (χ2n) is 4.35. The van der Waals surface area contributed by atoms with Gasteiger partial charge in [0.15, 0.2) is 6.29 Å². The first-order valence-corrected chi connectivity index (χ1v) is 6.18. The minimum Gasteiger partial charge on any atom is -0.374 e. The van der Waals surface area contributed by atoms with Crippen molar-refractivity contribution in [3.63, 3.8) is 0 Å². The molecule has 1 saturated heterocycles. The third-order valence-corrected chi connectivity index (χ3v) is 2.99. The molecule has 3 nitrogen and oxygen atoms in total. The molecule has 0 N–H and O–H groups in total. The molecule has 1 fully saturated rings. The first kappa shape index (κ1) is 12.6. The van der Waals surface area contributed by atoms with Gasteiger partial charge in [-0.1, -0.05) is 30.3 Å². The molecule has 17 heavy (non-hydrogen) atoms. The fourth-order valence-electron chi connectivity index (χ4n) is 2.04. The minimum absolute atomic E-state index is 0.0472. The van der Waals surface area contributed by atoms with E-state index >= 15 is 0 Å². The van der Waals surface area contributed by atoms with Crippen LogP contribution in [0.1, 0.15) is 24.8 Å². The van der Waals surface area contributed by atoms with Gasteiger partial charge >= 0.3 is 0 Å². The molecule has 3 heteroatoms. The van der Waals surface area contributed by atoms with Gasteiger partial charge in [0.1, 0.15) is 0 Å². The summed E-state index contributed by atoms with van der Waals surface area (Å²) in [4.78, 5) is 0. The summed E-state index contributed by atoms with van der Waals surface area (Å²) in [6.45, 7) is 1.30. The van der Waals surface area contributed by atoms with Crippen molar-refractivity contribution in [2.24, 2.45) is 0 Å². The largest absolute Gasteiger partial charge is 0.374 e. The van der Waals surface area contributed by atoms with E-state index in [0.29, 0.717) is 13.2 Å². The van der Waals surface area contributed by atoms with Crippen molar-refractivity contribution in [2.45, 2.75) is 38.3 Å². The molecule has 94 valence electrons. The van der Waals surface area contributed by atoms with Crippen LogP contribution in [0, 0.1) is 0 Å². The third-order valence-electron chi connectivity index (χ3n) is 2.99. The summed E-state index contributed by atoms with van der Waals surface area (Å²) in [7, 11) is 1.69. The zero-order chi connectivity index (χ0) is 11.9. The van der Waals surface area contributed by atoms with Gasteiger partial charge in [0.05, 0.1) is 19.3 Å². The molecule has 0 aromatic heterocycles. The van der Waals surface area contributed by atoms with Crippen LogP contribution >= 0.6 is 0 Å². The molecule has 0 bridgehead atoms. The maximum Gasteiger partial charge on any atom is 0.157 e. The number of hydrogen-bond donors (Lipinski definition) is 0. The highest BCUT2D eigenvalue weighted by Crippen LogP contribution is 2.19. The van der Waals surface area contributed by atoms with Gasteiger partial charge in [-0.15, -0.1) is 0 Å². The maximum atomic E-state index is 5.73. The average molecular weight is 236 g/mol. The van der Waals surface area contributed by atoms with Crippen molar-refractivity contribution < 1.29 is 14.2 Å². The fraction of sp³-hybridized carbons (Fsp3) is 0.571. The average Bonchev–Trinajstić information content (AvgIpc) is 2.40. The zero-order valence-electron chi connectivity index (χ0n) is 10.3. The zero-order valence-corrected chi connectivity index (χ0v) is 10.3. The van der Waals surface area contributed by atoms with Gasteiger partial charge in [0, 0.05) is 7.11 Å². The molecule has 1 aliphatic rings. The molecular weight excluding hydrogens is 216 g/mol. The van der Waals surface area contributed by atoms with E-state index in [0.717, 1.165) is 19.3 Å². The molecule has 1 aliphatic heterocycles. The number of ether oxygens (including phenoxy) is 3. The molecule has 2 atom stereocenters. The quantitative estimate of drug-likeness (QED) is 0.786. The third kappa shape index (κ3) is 4.11. The van der Waals surface area contributed by atoms with E-state index in [1.54, 1.807) is 7.11 Å². The predicted molar refractivity (Wildman–Crippen MR) is 65.6 cm³/mol. The topological polar surface area (TPSA) is 27.7 Å². The van der Waals surface area contributed by atoms with Crippen LogP contribution < -0.4 is 0 Å². The van der Waals surface area contributed by atoms with Gasteiger partial charge in [0.2, 0.25) is 0 Å². The Morgan fingerprint density at radius 3 is 2.82 bits per heavy atom. The van der Waals surface area contributed by atoms with Crippen LogP contribution in [0.25, 0.3) is 0 Å². The monoisotopic (exact) mass is 236 g/mol. The van der Waals surface area contributed by atoms with Crippen LogP contribution in [0.5, 0.6) is 0 Å². The Balaban J connectivity index is 1.68. The number of benzene rings is 1. The van der Waals surface area contributed by atoms with Gasteiger partial charge in [-0.05, 0) is 24.8 Å². The van der Waals surface area contributed by atoms with Crippen LogP contribution in [0.15, 0.2) is 30.3 Å². The second kappa shape index (κ2) is 6.74. The minimum atomic E-state index is -0.0472. The molecule has 2 rings (SSSR count). The SMILES string of the molecule is COC1CCCC(COCc2ccccc2)O1. The summed E-state index contributed by atoms with van der Waals surface area (Å²) in [5.41, 5.74) is 1.20. The maximum absolute atomic E-state index is 5.73. The van der Waals surface area contributed by atoms with Crippen LogP contribution in [0.2, 0.25) is 0 Å². The normalized spacial score (nSPS) is 24.8. The van der Waals surface area contributed by atoms with Gasteiger partial charge in [-0.3, -0.25) is 0 Å². The Bertz CT molecular complexity index is 313. The van der Waals surface area contributed by atoms with Crippen molar-refractivity contribution in [3.05, 3.63) is 35.9 Å². The lowest BCUT2D eigenvalue weighted by molar-refractivity contribution is -0.193. The number of rotatable bonds is 5. The Morgan fingerprint density at radius 1 is 1.24 bits per heavy atom. The van der Waals surface area contributed by atoms with Crippen LogP contribution in [-0.4, -0.2) is 26.1 Å². The Kier molecular flexibility index (Phi) is 4.98. The van der Waals surface area contributed by atoms with E-state index in [-0.39, 0.29) is 12.4 Å². The molecule has 1 aromatic rings. The highest BCUT2D eigenvalue weighted by molar-refractivity contribution is 5.13. The van der Waals surface area contributed by atoms with E-state index in [2.05, 4.69) is 12.1 Å². The van der Waals surface area contributed by atoms with Gasteiger partial charge in [-0.2, -0.15) is 0 Å². The summed E-state index contributed by atoms with van der Waals surface area (Å²) in [5, 5.41) is 0. The van der Waals surface area contributed by atoms with Gasteiger partial charge in [0.25, 0.3) is 0 Å². The molecule has 0 amide bonds. The van der Waals surface area contributed by atoms with Crippen molar-refractivity contribution in [3.8, 4) is 0 Å². The summed E-state index contributed by atoms with van der Waals surface area (Å²) in [6, 6.07) is 10.2. The lowest BCUT2D eigenvalue weighted by Crippen LogP contribution is -2.32. The molecular formula is C14H20O3. The molecule has 2 unspecified atom stereocenters. The lowest BCUT2D eigenvalue weighted by atomic mass is 10.1. The molecule has 0 saturated carbocycles. The first-order valence-electron chi connectivity index (χ1n) is 6.18. The summed E-state index contributed by atoms with van der Waals surface area (Å²) in [6.07, 6.45) is 3.34. The van der Waals surface area contributed by atoms with Crippen LogP contribution in [0.3, 0.4) is 0 Å². The van der Waals surface area contributed by atoms with E-state index in [1.165, 1.54) is 5.56 Å². The summed E-state index contributed by atoms with van der Waals surface area (Å²) < 4.78 is 16.6. The molecule has 1 aromatic carbocycles. The van der Waals surface area contributed by atoms with Crippen LogP contribution in [-0.2, 0) is 20.8 Å². The van der Waals surface area contributed by atoms with E-state index in [4.69, 9.17) is 14.2 Å². The highest BCUT2D eigenvalue weighted by atomic mass is 16.7. The van der Waals surface area contributed by atoms with Gasteiger partial charge < -0.3 is 14.2 Å². The second-order valence-corrected chi connectivity index (χ2v) is 4.35. The smallest absolute Gasteiger partial charge is 0.157 e. The standard InChI is InChI=1S/C14H20O3/c1-15-14-9-5-8-13(17-14)11-16-10-12-6-3-2-4-7-12/h2-4,6-7,13-14H,5,8-11H2,1H3. The van der Waals surface area contributed by atoms with E-state index in [9.17, 15) is 0 Å². The van der Waals surface area contributed by atoms with E-state index < -0.39 is 0 Å². The fourth-order valence-corrected chi connectivity index (χ4v) is 2.04. The lowest BCUT2D eigenvalue weighted by Gasteiger charge is -2.28. The highest BCUT2D eigenvalue weighted by Gasteiger charge is 2.21. The molecule has 0 spiro atoms. The Labute approximate surface area is 103 Å². The van der Waals surface area contributed by atoms with Crippen molar-refractivity contribution in [2.75, 3.05) is 13.7 Å². The van der Waals surface area contributed by atoms with Crippen molar-refractivity contribution >= 4 is 0 Å². The summed E-state index contributed by atoms with van der Waals surface area (Å²) >= 11 is 0. The molecule has 0 radical (unpaired) electrons. The summed E-state index contributed by atoms with van der Waals surface area (Å²) in [5.74, 6) is 0. The first-order chi connectivity index (χ1) is 8.38. The predicted octanol–water partition coefficient (Wildman–Crippen LogP) is 2.74. The van der Waals surface area contributed by atoms with E-state index in [1.807, 2.05) is 18.2 Å². The van der Waals surface area contributed by atoms with Crippen molar-refractivity contribution in [1.29, 1.82) is 0 Å².